The molecule has 0 saturated carbocycles. The number of benzene rings is 2. The summed E-state index contributed by atoms with van der Waals surface area (Å²) in [7, 11) is -2.17. The molecule has 0 saturated heterocycles. The SMILES string of the molecule is C[C@@H](NC(=O)[C@@H](c1ccccc1)N(C)S(C)(=O)=O)c1ccc2c(c1)OCCO2. The predicted molar refractivity (Wildman–Crippen MR) is 106 cm³/mol. The minimum Gasteiger partial charge on any atom is -0.486 e. The Hall–Kier alpha value is -2.58. The fourth-order valence-electron chi connectivity index (χ4n) is 3.06. The number of carbonyl (C=O) groups excluding carboxylic acids is 1. The molecule has 1 heterocycles. The number of nitrogens with one attached hydrogen (secondary N) is 1. The van der Waals surface area contributed by atoms with Gasteiger partial charge in [-0.2, -0.15) is 4.31 Å². The molecule has 1 N–H and O–H groups in total. The molecule has 1 aliphatic heterocycles. The average Bonchev–Trinajstić information content (AvgIpc) is 2.67. The van der Waals surface area contributed by atoms with Crippen molar-refractivity contribution >= 4 is 15.9 Å². The molecule has 0 bridgehead atoms. The van der Waals surface area contributed by atoms with Crippen molar-refractivity contribution in [2.75, 3.05) is 26.5 Å². The minimum atomic E-state index is -3.57. The van der Waals surface area contributed by atoms with Crippen LogP contribution in [0.1, 0.15) is 30.1 Å². The number of hydrogen-bond donors (Lipinski definition) is 1. The van der Waals surface area contributed by atoms with Crippen LogP contribution in [0, 0.1) is 0 Å². The molecule has 0 spiro atoms. The van der Waals surface area contributed by atoms with Gasteiger partial charge in [-0.25, -0.2) is 8.42 Å². The Morgan fingerprint density at radius 3 is 2.32 bits per heavy atom. The van der Waals surface area contributed by atoms with Crippen LogP contribution in [-0.2, 0) is 14.8 Å². The van der Waals surface area contributed by atoms with Crippen molar-refractivity contribution in [1.29, 1.82) is 0 Å². The van der Waals surface area contributed by atoms with Crippen LogP contribution in [0.5, 0.6) is 11.5 Å². The zero-order valence-corrected chi connectivity index (χ0v) is 16.9. The van der Waals surface area contributed by atoms with Crippen LogP contribution < -0.4 is 14.8 Å². The Morgan fingerprint density at radius 2 is 1.68 bits per heavy atom. The van der Waals surface area contributed by atoms with E-state index in [4.69, 9.17) is 9.47 Å². The van der Waals surface area contributed by atoms with Crippen molar-refractivity contribution in [1.82, 2.24) is 9.62 Å². The summed E-state index contributed by atoms with van der Waals surface area (Å²) in [5.74, 6) is 0.909. The first-order chi connectivity index (χ1) is 13.3. The highest BCUT2D eigenvalue weighted by atomic mass is 32.2. The van der Waals surface area contributed by atoms with Crippen LogP contribution >= 0.6 is 0 Å². The second-order valence-electron chi connectivity index (χ2n) is 6.73. The minimum absolute atomic E-state index is 0.345. The van der Waals surface area contributed by atoms with E-state index in [0.29, 0.717) is 30.3 Å². The lowest BCUT2D eigenvalue weighted by Gasteiger charge is -2.27. The van der Waals surface area contributed by atoms with Gasteiger partial charge in [-0.15, -0.1) is 0 Å². The highest BCUT2D eigenvalue weighted by Crippen LogP contribution is 2.33. The summed E-state index contributed by atoms with van der Waals surface area (Å²) in [6, 6.07) is 13.0. The standard InChI is InChI=1S/C20H24N2O5S/c1-14(16-9-10-17-18(13-16)27-12-11-26-17)21-20(23)19(22(2)28(3,24)25)15-7-5-4-6-8-15/h4-10,13-14,19H,11-12H2,1-3H3,(H,21,23)/t14-,19-/m1/s1. The third kappa shape index (κ3) is 4.45. The van der Waals surface area contributed by atoms with Gasteiger partial charge < -0.3 is 14.8 Å². The molecule has 28 heavy (non-hydrogen) atoms. The van der Waals surface area contributed by atoms with Crippen LogP contribution in [0.2, 0.25) is 0 Å². The van der Waals surface area contributed by atoms with Gasteiger partial charge in [0.05, 0.1) is 12.3 Å². The molecule has 0 aliphatic carbocycles. The van der Waals surface area contributed by atoms with Crippen LogP contribution in [0.3, 0.4) is 0 Å². The Labute approximate surface area is 165 Å². The lowest BCUT2D eigenvalue weighted by molar-refractivity contribution is -0.125. The van der Waals surface area contributed by atoms with Crippen LogP contribution in [-0.4, -0.2) is 45.1 Å². The summed E-state index contributed by atoms with van der Waals surface area (Å²) in [6.45, 7) is 2.83. The zero-order chi connectivity index (χ0) is 20.3. The van der Waals surface area contributed by atoms with Crippen LogP contribution in [0.15, 0.2) is 48.5 Å². The van der Waals surface area contributed by atoms with Gasteiger partial charge in [0.15, 0.2) is 11.5 Å². The van der Waals surface area contributed by atoms with Crippen molar-refractivity contribution in [3.63, 3.8) is 0 Å². The smallest absolute Gasteiger partial charge is 0.243 e. The number of amides is 1. The molecule has 0 unspecified atom stereocenters. The molecule has 150 valence electrons. The Balaban J connectivity index is 1.83. The highest BCUT2D eigenvalue weighted by Gasteiger charge is 2.31. The molecule has 2 atom stereocenters. The summed E-state index contributed by atoms with van der Waals surface area (Å²) < 4.78 is 36.4. The van der Waals surface area contributed by atoms with E-state index in [0.717, 1.165) is 16.1 Å². The summed E-state index contributed by atoms with van der Waals surface area (Å²) in [6.07, 6.45) is 1.08. The van der Waals surface area contributed by atoms with E-state index in [2.05, 4.69) is 5.32 Å². The van der Waals surface area contributed by atoms with Gasteiger partial charge in [0, 0.05) is 7.05 Å². The van der Waals surface area contributed by atoms with Crippen molar-refractivity contribution < 1.29 is 22.7 Å². The molecular weight excluding hydrogens is 380 g/mol. The van der Waals surface area contributed by atoms with Crippen molar-refractivity contribution in [2.24, 2.45) is 0 Å². The second kappa shape index (κ2) is 8.20. The molecule has 8 heteroatoms. The number of carbonyl (C=O) groups is 1. The number of hydrogen-bond acceptors (Lipinski definition) is 5. The third-order valence-corrected chi connectivity index (χ3v) is 5.93. The Morgan fingerprint density at radius 1 is 1.04 bits per heavy atom. The molecule has 0 aromatic heterocycles. The second-order valence-corrected chi connectivity index (χ2v) is 8.77. The quantitative estimate of drug-likeness (QED) is 0.798. The monoisotopic (exact) mass is 404 g/mol. The first kappa shape index (κ1) is 20.2. The lowest BCUT2D eigenvalue weighted by Crippen LogP contribution is -2.42. The van der Waals surface area contributed by atoms with Gasteiger partial charge in [0.25, 0.3) is 0 Å². The largest absolute Gasteiger partial charge is 0.486 e. The molecule has 0 fully saturated rings. The van der Waals surface area contributed by atoms with Gasteiger partial charge in [-0.1, -0.05) is 36.4 Å². The predicted octanol–water partition coefficient (Wildman–Crippen LogP) is 2.27. The highest BCUT2D eigenvalue weighted by molar-refractivity contribution is 7.88. The summed E-state index contributed by atoms with van der Waals surface area (Å²) in [5.41, 5.74) is 1.44. The van der Waals surface area contributed by atoms with Crippen LogP contribution in [0.4, 0.5) is 0 Å². The molecule has 1 amide bonds. The van der Waals surface area contributed by atoms with Gasteiger partial charge in [0.2, 0.25) is 15.9 Å². The van der Waals surface area contributed by atoms with E-state index in [1.807, 2.05) is 31.2 Å². The van der Waals surface area contributed by atoms with Gasteiger partial charge in [0.1, 0.15) is 19.3 Å². The first-order valence-corrected chi connectivity index (χ1v) is 10.8. The Bertz CT molecular complexity index is 946. The summed E-state index contributed by atoms with van der Waals surface area (Å²) >= 11 is 0. The summed E-state index contributed by atoms with van der Waals surface area (Å²) in [4.78, 5) is 13.0. The maximum Gasteiger partial charge on any atom is 0.243 e. The normalized spacial score (nSPS) is 15.7. The van der Waals surface area contributed by atoms with E-state index in [-0.39, 0.29) is 6.04 Å². The molecule has 7 nitrogen and oxygen atoms in total. The van der Waals surface area contributed by atoms with E-state index in [1.54, 1.807) is 24.3 Å². The van der Waals surface area contributed by atoms with Gasteiger partial charge in [-0.3, -0.25) is 4.79 Å². The maximum atomic E-state index is 13.0. The van der Waals surface area contributed by atoms with Gasteiger partial charge in [-0.05, 0) is 30.2 Å². The number of rotatable bonds is 6. The molecule has 0 radical (unpaired) electrons. The molecule has 2 aromatic carbocycles. The molecule has 2 aromatic rings. The Kier molecular flexibility index (Phi) is 5.90. The van der Waals surface area contributed by atoms with E-state index >= 15 is 0 Å². The first-order valence-electron chi connectivity index (χ1n) is 8.95. The number of ether oxygens (including phenoxy) is 2. The average molecular weight is 404 g/mol. The van der Waals surface area contributed by atoms with Crippen LogP contribution in [0.25, 0.3) is 0 Å². The lowest BCUT2D eigenvalue weighted by atomic mass is 10.0. The topological polar surface area (TPSA) is 84.9 Å². The number of nitrogens with zero attached hydrogens (tertiary/aromatic N) is 1. The molecular formula is C20H24N2O5S. The van der Waals surface area contributed by atoms with E-state index in [1.165, 1.54) is 7.05 Å². The van der Waals surface area contributed by atoms with E-state index in [9.17, 15) is 13.2 Å². The van der Waals surface area contributed by atoms with Gasteiger partial charge >= 0.3 is 0 Å². The summed E-state index contributed by atoms with van der Waals surface area (Å²) in [5, 5.41) is 2.91. The van der Waals surface area contributed by atoms with Crippen molar-refractivity contribution in [2.45, 2.75) is 19.0 Å². The maximum absolute atomic E-state index is 13.0. The zero-order valence-electron chi connectivity index (χ0n) is 16.1. The molecule has 3 rings (SSSR count). The van der Waals surface area contributed by atoms with E-state index < -0.39 is 22.0 Å². The third-order valence-electron chi connectivity index (χ3n) is 4.68. The fraction of sp³-hybridized carbons (Fsp3) is 0.350. The number of fused-ring (bicyclic) bond motifs is 1. The molecule has 1 aliphatic rings. The number of likely N-dealkylation sites (N-methyl/N-ethyl adjacent to an activating group) is 1. The van der Waals surface area contributed by atoms with Crippen molar-refractivity contribution in [3.8, 4) is 11.5 Å². The fourth-order valence-corrected chi connectivity index (χ4v) is 3.66. The number of sulfonamides is 1. The van der Waals surface area contributed by atoms with Crippen molar-refractivity contribution in [3.05, 3.63) is 59.7 Å².